The number of rotatable bonds is 10. The summed E-state index contributed by atoms with van der Waals surface area (Å²) in [6.45, 7) is 6.82. The molecule has 2 rings (SSSR count). The van der Waals surface area contributed by atoms with Crippen LogP contribution in [0.2, 0.25) is 5.02 Å². The molecule has 0 bridgehead atoms. The summed E-state index contributed by atoms with van der Waals surface area (Å²) in [7, 11) is 1.61. The summed E-state index contributed by atoms with van der Waals surface area (Å²) in [4.78, 5) is 4.73. The predicted molar refractivity (Wildman–Crippen MR) is 135 cm³/mol. The van der Waals surface area contributed by atoms with Crippen LogP contribution in [0.15, 0.2) is 17.1 Å². The lowest BCUT2D eigenvalue weighted by atomic mass is 9.72. The van der Waals surface area contributed by atoms with Crippen molar-refractivity contribution in [3.8, 4) is 11.5 Å². The summed E-state index contributed by atoms with van der Waals surface area (Å²) in [5.41, 5.74) is 1.12. The highest BCUT2D eigenvalue weighted by Gasteiger charge is 2.31. The molecule has 172 valence electrons. The Morgan fingerprint density at radius 1 is 1.20 bits per heavy atom. The van der Waals surface area contributed by atoms with E-state index in [0.717, 1.165) is 43.9 Å². The molecular weight excluding hydrogens is 517 g/mol. The minimum atomic E-state index is 0. The van der Waals surface area contributed by atoms with E-state index in [9.17, 15) is 5.11 Å². The van der Waals surface area contributed by atoms with Gasteiger partial charge < -0.3 is 25.2 Å². The number of aliphatic hydroxyl groups excluding tert-OH is 1. The molecule has 0 spiro atoms. The van der Waals surface area contributed by atoms with E-state index in [1.54, 1.807) is 7.11 Å². The first-order valence-electron chi connectivity index (χ1n) is 10.7. The minimum Gasteiger partial charge on any atom is -0.493 e. The van der Waals surface area contributed by atoms with Crippen molar-refractivity contribution in [1.82, 2.24) is 10.6 Å². The first kappa shape index (κ1) is 27.1. The Balaban J connectivity index is 0.00000450. The Hall–Kier alpha value is -0.930. The number of ether oxygens (including phenoxy) is 2. The lowest BCUT2D eigenvalue weighted by Gasteiger charge is -2.37. The zero-order valence-electron chi connectivity index (χ0n) is 18.4. The van der Waals surface area contributed by atoms with Gasteiger partial charge in [0.25, 0.3) is 0 Å². The molecule has 1 aliphatic rings. The van der Waals surface area contributed by atoms with Crippen molar-refractivity contribution in [3.05, 3.63) is 22.7 Å². The van der Waals surface area contributed by atoms with E-state index in [4.69, 9.17) is 26.1 Å². The van der Waals surface area contributed by atoms with Gasteiger partial charge >= 0.3 is 0 Å². The summed E-state index contributed by atoms with van der Waals surface area (Å²) in [6, 6.07) is 3.79. The van der Waals surface area contributed by atoms with Gasteiger partial charge in [-0.1, -0.05) is 30.9 Å². The maximum Gasteiger partial charge on any atom is 0.191 e. The average Bonchev–Trinajstić information content (AvgIpc) is 2.72. The van der Waals surface area contributed by atoms with Gasteiger partial charge in [-0.05, 0) is 56.2 Å². The van der Waals surface area contributed by atoms with Crippen molar-refractivity contribution in [2.45, 2.75) is 58.9 Å². The summed E-state index contributed by atoms with van der Waals surface area (Å²) < 4.78 is 11.0. The number of benzene rings is 1. The van der Waals surface area contributed by atoms with Crippen LogP contribution in [0.1, 0.15) is 57.9 Å². The molecule has 0 aliphatic heterocycles. The lowest BCUT2D eigenvalue weighted by Crippen LogP contribution is -2.44. The van der Waals surface area contributed by atoms with Gasteiger partial charge in [-0.3, -0.25) is 0 Å². The molecule has 30 heavy (non-hydrogen) atoms. The molecule has 0 aromatic heterocycles. The maximum atomic E-state index is 9.53. The first-order chi connectivity index (χ1) is 14.1. The third-order valence-corrected chi connectivity index (χ3v) is 5.81. The Labute approximate surface area is 203 Å². The summed E-state index contributed by atoms with van der Waals surface area (Å²) in [6.07, 6.45) is 6.92. The van der Waals surface area contributed by atoms with Crippen LogP contribution in [0.4, 0.5) is 0 Å². The van der Waals surface area contributed by atoms with Gasteiger partial charge in [-0.25, -0.2) is 4.99 Å². The number of hydrogen-bond donors (Lipinski definition) is 3. The molecule has 6 nitrogen and oxygen atoms in total. The second kappa shape index (κ2) is 14.2. The third kappa shape index (κ3) is 7.96. The van der Waals surface area contributed by atoms with Gasteiger partial charge in [0.05, 0.1) is 25.3 Å². The quantitative estimate of drug-likeness (QED) is 0.221. The van der Waals surface area contributed by atoms with Crippen LogP contribution in [0.3, 0.4) is 0 Å². The number of methoxy groups -OCH3 is 1. The smallest absolute Gasteiger partial charge is 0.191 e. The topological polar surface area (TPSA) is 75.1 Å². The zero-order valence-corrected chi connectivity index (χ0v) is 21.5. The van der Waals surface area contributed by atoms with Crippen molar-refractivity contribution in [1.29, 1.82) is 0 Å². The van der Waals surface area contributed by atoms with E-state index in [1.807, 2.05) is 19.1 Å². The van der Waals surface area contributed by atoms with Gasteiger partial charge in [0.15, 0.2) is 17.5 Å². The van der Waals surface area contributed by atoms with Gasteiger partial charge in [0.2, 0.25) is 0 Å². The molecule has 0 unspecified atom stereocenters. The van der Waals surface area contributed by atoms with E-state index in [0.29, 0.717) is 29.7 Å². The van der Waals surface area contributed by atoms with E-state index < -0.39 is 0 Å². The number of aliphatic hydroxyl groups is 1. The molecule has 0 amide bonds. The Bertz CT molecular complexity index is 662. The summed E-state index contributed by atoms with van der Waals surface area (Å²) >= 11 is 6.38. The van der Waals surface area contributed by atoms with E-state index in [-0.39, 0.29) is 36.0 Å². The van der Waals surface area contributed by atoms with Crippen LogP contribution in [0, 0.1) is 5.41 Å². The molecule has 1 fully saturated rings. The molecule has 0 saturated heterocycles. The van der Waals surface area contributed by atoms with Crippen LogP contribution in [0.25, 0.3) is 0 Å². The lowest BCUT2D eigenvalue weighted by molar-refractivity contribution is 0.131. The van der Waals surface area contributed by atoms with Crippen LogP contribution in [-0.4, -0.2) is 44.5 Å². The average molecular weight is 554 g/mol. The van der Waals surface area contributed by atoms with Crippen molar-refractivity contribution < 1.29 is 14.6 Å². The van der Waals surface area contributed by atoms with Crippen LogP contribution in [0.5, 0.6) is 11.5 Å². The Morgan fingerprint density at radius 3 is 2.53 bits per heavy atom. The SMILES string of the molecule is CCNC(=NCc1cc(Cl)c(OCC)c(OC)c1)NCC1(CCO)CCCCC1.I. The number of hydrogen-bond acceptors (Lipinski definition) is 4. The molecule has 1 aromatic carbocycles. The van der Waals surface area contributed by atoms with Gasteiger partial charge in [0, 0.05) is 19.7 Å². The van der Waals surface area contributed by atoms with Crippen LogP contribution >= 0.6 is 35.6 Å². The Kier molecular flexibility index (Phi) is 12.8. The van der Waals surface area contributed by atoms with Crippen molar-refractivity contribution in [2.75, 3.05) is 33.4 Å². The third-order valence-electron chi connectivity index (χ3n) is 5.53. The van der Waals surface area contributed by atoms with Crippen LogP contribution in [-0.2, 0) is 6.54 Å². The number of guanidine groups is 1. The molecule has 0 atom stereocenters. The normalized spacial score (nSPS) is 15.8. The van der Waals surface area contributed by atoms with Gasteiger partial charge in [-0.2, -0.15) is 0 Å². The molecule has 1 aliphatic carbocycles. The number of aliphatic imine (C=N–C) groups is 1. The second-order valence-electron chi connectivity index (χ2n) is 7.63. The fourth-order valence-electron chi connectivity index (χ4n) is 3.99. The molecule has 1 saturated carbocycles. The molecule has 3 N–H and O–H groups in total. The first-order valence-corrected chi connectivity index (χ1v) is 11.1. The highest BCUT2D eigenvalue weighted by atomic mass is 127. The summed E-state index contributed by atoms with van der Waals surface area (Å²) in [5, 5.41) is 16.9. The van der Waals surface area contributed by atoms with Crippen molar-refractivity contribution >= 4 is 41.5 Å². The monoisotopic (exact) mass is 553 g/mol. The highest BCUT2D eigenvalue weighted by molar-refractivity contribution is 14.0. The van der Waals surface area contributed by atoms with Crippen molar-refractivity contribution in [2.24, 2.45) is 10.4 Å². The predicted octanol–water partition coefficient (Wildman–Crippen LogP) is 4.75. The van der Waals surface area contributed by atoms with Crippen LogP contribution < -0.4 is 20.1 Å². The second-order valence-corrected chi connectivity index (χ2v) is 8.03. The molecule has 0 radical (unpaired) electrons. The molecule has 8 heteroatoms. The zero-order chi connectivity index (χ0) is 21.1. The standard InChI is InChI=1S/C22H36ClN3O3.HI/c1-4-24-21(26-16-22(11-12-27)9-7-6-8-10-22)25-15-17-13-18(23)20(29-5-2)19(14-17)28-3;/h13-14,27H,4-12,15-16H2,1-3H3,(H2,24,25,26);1H. The Morgan fingerprint density at radius 2 is 1.93 bits per heavy atom. The van der Waals surface area contributed by atoms with Crippen molar-refractivity contribution in [3.63, 3.8) is 0 Å². The number of halogens is 2. The number of nitrogens with one attached hydrogen (secondary N) is 2. The minimum absolute atomic E-state index is 0. The largest absolute Gasteiger partial charge is 0.493 e. The van der Waals surface area contributed by atoms with Gasteiger partial charge in [-0.15, -0.1) is 24.0 Å². The fraction of sp³-hybridized carbons (Fsp3) is 0.682. The molecule has 0 heterocycles. The maximum absolute atomic E-state index is 9.53. The molecular formula is C22H37ClIN3O3. The number of nitrogens with zero attached hydrogens (tertiary/aromatic N) is 1. The fourth-order valence-corrected chi connectivity index (χ4v) is 4.27. The summed E-state index contributed by atoms with van der Waals surface area (Å²) in [5.74, 6) is 1.96. The van der Waals surface area contributed by atoms with E-state index in [1.165, 1.54) is 19.3 Å². The highest BCUT2D eigenvalue weighted by Crippen LogP contribution is 2.39. The van der Waals surface area contributed by atoms with Gasteiger partial charge in [0.1, 0.15) is 0 Å². The van der Waals surface area contributed by atoms with E-state index in [2.05, 4.69) is 17.6 Å². The molecule has 1 aromatic rings. The van der Waals surface area contributed by atoms with E-state index >= 15 is 0 Å².